The SMILES string of the molecule is CC(NCc1cc(F)ccc1F)c1cnccn1. The lowest BCUT2D eigenvalue weighted by Gasteiger charge is -2.13. The molecule has 5 heteroatoms. The Balaban J connectivity index is 2.01. The van der Waals surface area contributed by atoms with Crippen LogP contribution in [0.2, 0.25) is 0 Å². The minimum Gasteiger partial charge on any atom is -0.305 e. The lowest BCUT2D eigenvalue weighted by atomic mass is 10.2. The molecule has 1 atom stereocenters. The first-order valence-corrected chi connectivity index (χ1v) is 5.60. The molecule has 3 nitrogen and oxygen atoms in total. The summed E-state index contributed by atoms with van der Waals surface area (Å²) in [6.07, 6.45) is 4.82. The van der Waals surface area contributed by atoms with Crippen LogP contribution in [0.5, 0.6) is 0 Å². The van der Waals surface area contributed by atoms with Gasteiger partial charge in [0.05, 0.1) is 5.69 Å². The summed E-state index contributed by atoms with van der Waals surface area (Å²) in [5, 5.41) is 3.07. The predicted octanol–water partition coefficient (Wildman–Crippen LogP) is 2.61. The van der Waals surface area contributed by atoms with E-state index < -0.39 is 11.6 Å². The molecule has 1 aromatic carbocycles. The van der Waals surface area contributed by atoms with Crippen molar-refractivity contribution >= 4 is 0 Å². The van der Waals surface area contributed by atoms with Gasteiger partial charge in [0.25, 0.3) is 0 Å². The van der Waals surface area contributed by atoms with Crippen molar-refractivity contribution in [2.24, 2.45) is 0 Å². The highest BCUT2D eigenvalue weighted by molar-refractivity contribution is 5.18. The van der Waals surface area contributed by atoms with E-state index in [2.05, 4.69) is 15.3 Å². The Morgan fingerprint density at radius 2 is 2.11 bits per heavy atom. The van der Waals surface area contributed by atoms with Crippen molar-refractivity contribution in [1.29, 1.82) is 0 Å². The number of aromatic nitrogens is 2. The molecule has 0 saturated carbocycles. The summed E-state index contributed by atoms with van der Waals surface area (Å²) in [7, 11) is 0. The molecule has 0 amide bonds. The molecule has 0 aliphatic carbocycles. The molecule has 18 heavy (non-hydrogen) atoms. The van der Waals surface area contributed by atoms with Crippen molar-refractivity contribution in [3.8, 4) is 0 Å². The van der Waals surface area contributed by atoms with Crippen molar-refractivity contribution < 1.29 is 8.78 Å². The van der Waals surface area contributed by atoms with E-state index in [0.717, 1.165) is 17.8 Å². The fraction of sp³-hybridized carbons (Fsp3) is 0.231. The first kappa shape index (κ1) is 12.6. The molecule has 94 valence electrons. The molecule has 2 rings (SSSR count). The monoisotopic (exact) mass is 249 g/mol. The van der Waals surface area contributed by atoms with Crippen molar-refractivity contribution in [2.75, 3.05) is 0 Å². The van der Waals surface area contributed by atoms with Gasteiger partial charge in [-0.15, -0.1) is 0 Å². The number of hydrogen-bond acceptors (Lipinski definition) is 3. The second kappa shape index (κ2) is 5.64. The third-order valence-electron chi connectivity index (χ3n) is 2.63. The zero-order valence-corrected chi connectivity index (χ0v) is 9.90. The maximum Gasteiger partial charge on any atom is 0.127 e. The fourth-order valence-electron chi connectivity index (χ4n) is 1.58. The van der Waals surface area contributed by atoms with E-state index in [9.17, 15) is 8.78 Å². The quantitative estimate of drug-likeness (QED) is 0.905. The Morgan fingerprint density at radius 3 is 2.83 bits per heavy atom. The van der Waals surface area contributed by atoms with Crippen LogP contribution < -0.4 is 5.32 Å². The van der Waals surface area contributed by atoms with Gasteiger partial charge in [0.15, 0.2) is 0 Å². The van der Waals surface area contributed by atoms with Crippen molar-refractivity contribution in [2.45, 2.75) is 19.5 Å². The van der Waals surface area contributed by atoms with Gasteiger partial charge in [0.1, 0.15) is 11.6 Å². The first-order valence-electron chi connectivity index (χ1n) is 5.60. The molecule has 0 fully saturated rings. The number of rotatable bonds is 4. The Kier molecular flexibility index (Phi) is 3.94. The lowest BCUT2D eigenvalue weighted by molar-refractivity contribution is 0.527. The van der Waals surface area contributed by atoms with Crippen molar-refractivity contribution in [1.82, 2.24) is 15.3 Å². The lowest BCUT2D eigenvalue weighted by Crippen LogP contribution is -2.20. The molecule has 1 N–H and O–H groups in total. The maximum absolute atomic E-state index is 13.4. The van der Waals surface area contributed by atoms with Crippen LogP contribution in [0.4, 0.5) is 8.78 Å². The van der Waals surface area contributed by atoms with E-state index in [1.165, 1.54) is 6.07 Å². The molecule has 0 spiro atoms. The molecule has 1 aromatic heterocycles. The van der Waals surface area contributed by atoms with Gasteiger partial charge in [-0.2, -0.15) is 0 Å². The van der Waals surface area contributed by atoms with Crippen LogP contribution in [-0.2, 0) is 6.54 Å². The summed E-state index contributed by atoms with van der Waals surface area (Å²) in [5.41, 5.74) is 1.06. The largest absolute Gasteiger partial charge is 0.305 e. The van der Waals surface area contributed by atoms with Gasteiger partial charge < -0.3 is 5.32 Å². The minimum atomic E-state index is -0.444. The van der Waals surface area contributed by atoms with Crippen LogP contribution in [0.3, 0.4) is 0 Å². The van der Waals surface area contributed by atoms with Crippen LogP contribution >= 0.6 is 0 Å². The molecule has 0 aliphatic heterocycles. The average molecular weight is 249 g/mol. The van der Waals surface area contributed by atoms with E-state index in [4.69, 9.17) is 0 Å². The molecule has 0 saturated heterocycles. The van der Waals surface area contributed by atoms with Gasteiger partial charge in [0.2, 0.25) is 0 Å². The molecule has 0 radical (unpaired) electrons. The van der Waals surface area contributed by atoms with E-state index in [-0.39, 0.29) is 12.6 Å². The average Bonchev–Trinajstić information content (AvgIpc) is 2.40. The number of benzene rings is 1. The first-order chi connectivity index (χ1) is 8.66. The normalized spacial score (nSPS) is 12.4. The van der Waals surface area contributed by atoms with E-state index in [0.29, 0.717) is 5.56 Å². The molecule has 1 unspecified atom stereocenters. The molecular weight excluding hydrogens is 236 g/mol. The summed E-state index contributed by atoms with van der Waals surface area (Å²) >= 11 is 0. The van der Waals surface area contributed by atoms with Gasteiger partial charge >= 0.3 is 0 Å². The number of hydrogen-bond donors (Lipinski definition) is 1. The number of nitrogens with zero attached hydrogens (tertiary/aromatic N) is 2. The van der Waals surface area contributed by atoms with Crippen molar-refractivity contribution in [3.05, 3.63) is 59.7 Å². The van der Waals surface area contributed by atoms with E-state index in [1.807, 2.05) is 6.92 Å². The second-order valence-electron chi connectivity index (χ2n) is 3.97. The smallest absolute Gasteiger partial charge is 0.127 e. The van der Waals surface area contributed by atoms with Crippen LogP contribution in [0.1, 0.15) is 24.2 Å². The van der Waals surface area contributed by atoms with Crippen LogP contribution in [0.15, 0.2) is 36.8 Å². The molecular formula is C13H13F2N3. The van der Waals surface area contributed by atoms with Crippen LogP contribution in [0, 0.1) is 11.6 Å². The molecule has 0 bridgehead atoms. The highest BCUT2D eigenvalue weighted by Crippen LogP contribution is 2.12. The Morgan fingerprint density at radius 1 is 1.28 bits per heavy atom. The summed E-state index contributed by atoms with van der Waals surface area (Å²) in [4.78, 5) is 8.09. The summed E-state index contributed by atoms with van der Waals surface area (Å²) in [5.74, 6) is -0.865. The summed E-state index contributed by atoms with van der Waals surface area (Å²) in [6.45, 7) is 2.13. The maximum atomic E-state index is 13.4. The Labute approximate surface area is 104 Å². The third-order valence-corrected chi connectivity index (χ3v) is 2.63. The molecule has 2 aromatic rings. The minimum absolute atomic E-state index is 0.0821. The summed E-state index contributed by atoms with van der Waals surface area (Å²) in [6, 6.07) is 3.33. The summed E-state index contributed by atoms with van der Waals surface area (Å²) < 4.78 is 26.4. The highest BCUT2D eigenvalue weighted by atomic mass is 19.1. The third kappa shape index (κ3) is 3.07. The Bertz CT molecular complexity index is 517. The van der Waals surface area contributed by atoms with Crippen molar-refractivity contribution in [3.63, 3.8) is 0 Å². The highest BCUT2D eigenvalue weighted by Gasteiger charge is 2.08. The van der Waals surface area contributed by atoms with Gasteiger partial charge in [-0.3, -0.25) is 9.97 Å². The molecule has 1 heterocycles. The van der Waals surface area contributed by atoms with Gasteiger partial charge in [-0.25, -0.2) is 8.78 Å². The zero-order chi connectivity index (χ0) is 13.0. The number of halogens is 2. The number of nitrogens with one attached hydrogen (secondary N) is 1. The van der Waals surface area contributed by atoms with Crippen LogP contribution in [-0.4, -0.2) is 9.97 Å². The Hall–Kier alpha value is -1.88. The fourth-order valence-corrected chi connectivity index (χ4v) is 1.58. The predicted molar refractivity (Wildman–Crippen MR) is 63.6 cm³/mol. The standard InChI is InChI=1S/C13H13F2N3/c1-9(13-8-16-4-5-17-13)18-7-10-6-11(14)2-3-12(10)15/h2-6,8-9,18H,7H2,1H3. The van der Waals surface area contributed by atoms with Gasteiger partial charge in [0, 0.05) is 36.7 Å². The van der Waals surface area contributed by atoms with Gasteiger partial charge in [-0.05, 0) is 25.1 Å². The topological polar surface area (TPSA) is 37.8 Å². The van der Waals surface area contributed by atoms with Gasteiger partial charge in [-0.1, -0.05) is 0 Å². The van der Waals surface area contributed by atoms with E-state index >= 15 is 0 Å². The molecule has 0 aliphatic rings. The van der Waals surface area contributed by atoms with Crippen LogP contribution in [0.25, 0.3) is 0 Å². The zero-order valence-electron chi connectivity index (χ0n) is 9.90. The second-order valence-corrected chi connectivity index (χ2v) is 3.97. The van der Waals surface area contributed by atoms with E-state index in [1.54, 1.807) is 18.6 Å².